The van der Waals surface area contributed by atoms with E-state index in [0.29, 0.717) is 18.7 Å². The molecule has 2 aromatic carbocycles. The van der Waals surface area contributed by atoms with Crippen LogP contribution in [0.2, 0.25) is 0 Å². The molecule has 2 aromatic rings. The van der Waals surface area contributed by atoms with E-state index in [0.717, 1.165) is 25.8 Å². The standard InChI is InChI=1S/C23H29N3O/c1-26(2)15-5-8-22-20-7-4-3-6-17(20)9-10-18-16-19(11-12-21(18)22)23(27)25-14-13-24/h3-4,6-8,11-12,16H,5,9-10,13-15,24H2,1-2H3,(H,25,27)/b22-8-. The maximum atomic E-state index is 12.3. The van der Waals surface area contributed by atoms with Gasteiger partial charge in [-0.1, -0.05) is 36.4 Å². The maximum Gasteiger partial charge on any atom is 0.251 e. The Labute approximate surface area is 162 Å². The van der Waals surface area contributed by atoms with Gasteiger partial charge in [0.25, 0.3) is 5.91 Å². The Bertz CT molecular complexity index is 839. The van der Waals surface area contributed by atoms with Gasteiger partial charge in [0.05, 0.1) is 0 Å². The van der Waals surface area contributed by atoms with E-state index in [1.54, 1.807) is 0 Å². The molecule has 0 atom stereocenters. The lowest BCUT2D eigenvalue weighted by molar-refractivity contribution is 0.0954. The summed E-state index contributed by atoms with van der Waals surface area (Å²) in [6, 6.07) is 14.7. The van der Waals surface area contributed by atoms with Crippen LogP contribution in [0, 0.1) is 0 Å². The van der Waals surface area contributed by atoms with Crippen molar-refractivity contribution in [2.24, 2.45) is 5.73 Å². The first-order valence-electron chi connectivity index (χ1n) is 9.65. The van der Waals surface area contributed by atoms with Crippen LogP contribution < -0.4 is 11.1 Å². The Morgan fingerprint density at radius 1 is 1.11 bits per heavy atom. The predicted octanol–water partition coefficient (Wildman–Crippen LogP) is 2.86. The van der Waals surface area contributed by atoms with Crippen LogP contribution in [0.3, 0.4) is 0 Å². The van der Waals surface area contributed by atoms with Crippen molar-refractivity contribution in [2.75, 3.05) is 33.7 Å². The molecule has 1 aliphatic rings. The van der Waals surface area contributed by atoms with Crippen LogP contribution in [0.5, 0.6) is 0 Å². The Morgan fingerprint density at radius 3 is 2.63 bits per heavy atom. The molecule has 1 aliphatic carbocycles. The second-order valence-electron chi connectivity index (χ2n) is 7.28. The number of hydrogen-bond donors (Lipinski definition) is 2. The lowest BCUT2D eigenvalue weighted by atomic mass is 9.92. The third-order valence-corrected chi connectivity index (χ3v) is 4.98. The molecule has 4 heteroatoms. The van der Waals surface area contributed by atoms with Crippen molar-refractivity contribution in [1.82, 2.24) is 10.2 Å². The number of carbonyl (C=O) groups excluding carboxylic acids is 1. The van der Waals surface area contributed by atoms with E-state index in [1.807, 2.05) is 12.1 Å². The zero-order valence-corrected chi connectivity index (χ0v) is 16.3. The SMILES string of the molecule is CN(C)CC/C=C1/c2ccccc2CCc2cc(C(=O)NCCN)ccc21. The topological polar surface area (TPSA) is 58.4 Å². The van der Waals surface area contributed by atoms with Crippen LogP contribution in [0.25, 0.3) is 5.57 Å². The number of nitrogens with two attached hydrogens (primary N) is 1. The van der Waals surface area contributed by atoms with Crippen molar-refractivity contribution in [3.05, 3.63) is 76.4 Å². The molecule has 0 saturated heterocycles. The first-order chi connectivity index (χ1) is 13.1. The minimum absolute atomic E-state index is 0.0526. The third-order valence-electron chi connectivity index (χ3n) is 4.98. The monoisotopic (exact) mass is 363 g/mol. The summed E-state index contributed by atoms with van der Waals surface area (Å²) in [7, 11) is 4.19. The molecule has 4 nitrogen and oxygen atoms in total. The van der Waals surface area contributed by atoms with Gasteiger partial charge in [-0.25, -0.2) is 0 Å². The van der Waals surface area contributed by atoms with Crippen LogP contribution in [-0.2, 0) is 12.8 Å². The van der Waals surface area contributed by atoms with Gasteiger partial charge in [0.1, 0.15) is 0 Å². The van der Waals surface area contributed by atoms with E-state index in [4.69, 9.17) is 5.73 Å². The van der Waals surface area contributed by atoms with Crippen molar-refractivity contribution in [3.8, 4) is 0 Å². The van der Waals surface area contributed by atoms with Crippen LogP contribution >= 0.6 is 0 Å². The van der Waals surface area contributed by atoms with Crippen LogP contribution in [0.4, 0.5) is 0 Å². The summed E-state index contributed by atoms with van der Waals surface area (Å²) in [5.41, 5.74) is 12.7. The fourth-order valence-electron chi connectivity index (χ4n) is 3.59. The van der Waals surface area contributed by atoms with E-state index in [-0.39, 0.29) is 5.91 Å². The molecular weight excluding hydrogens is 334 g/mol. The minimum Gasteiger partial charge on any atom is -0.351 e. The molecule has 0 bridgehead atoms. The molecular formula is C23H29N3O. The van der Waals surface area contributed by atoms with Crippen molar-refractivity contribution in [2.45, 2.75) is 19.3 Å². The first-order valence-corrected chi connectivity index (χ1v) is 9.65. The van der Waals surface area contributed by atoms with E-state index in [1.165, 1.54) is 27.8 Å². The van der Waals surface area contributed by atoms with E-state index < -0.39 is 0 Å². The molecule has 0 saturated carbocycles. The molecule has 0 spiro atoms. The average Bonchev–Trinajstić information content (AvgIpc) is 2.83. The third kappa shape index (κ3) is 4.65. The van der Waals surface area contributed by atoms with E-state index in [9.17, 15) is 4.79 Å². The highest BCUT2D eigenvalue weighted by Gasteiger charge is 2.19. The zero-order valence-electron chi connectivity index (χ0n) is 16.3. The lowest BCUT2D eigenvalue weighted by Gasteiger charge is -2.14. The van der Waals surface area contributed by atoms with Crippen LogP contribution in [0.1, 0.15) is 39.0 Å². The highest BCUT2D eigenvalue weighted by Crippen LogP contribution is 2.34. The number of rotatable bonds is 6. The summed E-state index contributed by atoms with van der Waals surface area (Å²) < 4.78 is 0. The van der Waals surface area contributed by atoms with E-state index in [2.05, 4.69) is 60.7 Å². The summed E-state index contributed by atoms with van der Waals surface area (Å²) in [4.78, 5) is 14.5. The molecule has 142 valence electrons. The van der Waals surface area contributed by atoms with Crippen molar-refractivity contribution in [1.29, 1.82) is 0 Å². The van der Waals surface area contributed by atoms with Gasteiger partial charge in [0, 0.05) is 25.2 Å². The van der Waals surface area contributed by atoms with Gasteiger partial charge in [-0.2, -0.15) is 0 Å². The molecule has 27 heavy (non-hydrogen) atoms. The molecule has 0 unspecified atom stereocenters. The summed E-state index contributed by atoms with van der Waals surface area (Å²) in [6.45, 7) is 1.96. The molecule has 0 radical (unpaired) electrons. The predicted molar refractivity (Wildman–Crippen MR) is 112 cm³/mol. The second kappa shape index (κ2) is 8.98. The van der Waals surface area contributed by atoms with Gasteiger partial charge in [-0.15, -0.1) is 0 Å². The van der Waals surface area contributed by atoms with Crippen molar-refractivity contribution in [3.63, 3.8) is 0 Å². The number of benzene rings is 2. The van der Waals surface area contributed by atoms with Gasteiger partial charge in [-0.05, 0) is 73.3 Å². The number of nitrogens with one attached hydrogen (secondary N) is 1. The average molecular weight is 364 g/mol. The van der Waals surface area contributed by atoms with E-state index >= 15 is 0 Å². The Balaban J connectivity index is 1.99. The minimum atomic E-state index is -0.0526. The summed E-state index contributed by atoms with van der Waals surface area (Å²) in [6.07, 6.45) is 5.27. The summed E-state index contributed by atoms with van der Waals surface area (Å²) in [5, 5.41) is 2.86. The Hall–Kier alpha value is -2.43. The Morgan fingerprint density at radius 2 is 1.85 bits per heavy atom. The fraction of sp³-hybridized carbons (Fsp3) is 0.348. The van der Waals surface area contributed by atoms with Gasteiger partial charge in [0.15, 0.2) is 0 Å². The molecule has 1 amide bonds. The largest absolute Gasteiger partial charge is 0.351 e. The van der Waals surface area contributed by atoms with Gasteiger partial charge in [-0.3, -0.25) is 4.79 Å². The van der Waals surface area contributed by atoms with Gasteiger partial charge < -0.3 is 16.0 Å². The van der Waals surface area contributed by atoms with Crippen molar-refractivity contribution < 1.29 is 4.79 Å². The molecule has 0 fully saturated rings. The zero-order chi connectivity index (χ0) is 19.2. The number of hydrogen-bond acceptors (Lipinski definition) is 3. The molecule has 0 aliphatic heterocycles. The maximum absolute atomic E-state index is 12.3. The number of aryl methyl sites for hydroxylation is 2. The van der Waals surface area contributed by atoms with Gasteiger partial charge in [0.2, 0.25) is 0 Å². The Kier molecular flexibility index (Phi) is 6.43. The second-order valence-corrected chi connectivity index (χ2v) is 7.28. The fourth-order valence-corrected chi connectivity index (χ4v) is 3.59. The van der Waals surface area contributed by atoms with Gasteiger partial charge >= 0.3 is 0 Å². The number of fused-ring (bicyclic) bond motifs is 2. The quantitative estimate of drug-likeness (QED) is 0.830. The molecule has 3 N–H and O–H groups in total. The summed E-state index contributed by atoms with van der Waals surface area (Å²) in [5.74, 6) is -0.0526. The normalized spacial score (nSPS) is 14.6. The molecule has 0 heterocycles. The first kappa shape index (κ1) is 19.3. The molecule has 3 rings (SSSR count). The van der Waals surface area contributed by atoms with Crippen molar-refractivity contribution >= 4 is 11.5 Å². The van der Waals surface area contributed by atoms with Crippen LogP contribution in [-0.4, -0.2) is 44.5 Å². The summed E-state index contributed by atoms with van der Waals surface area (Å²) >= 11 is 0. The highest BCUT2D eigenvalue weighted by molar-refractivity contribution is 5.95. The number of carbonyl (C=O) groups is 1. The lowest BCUT2D eigenvalue weighted by Crippen LogP contribution is -2.29. The molecule has 0 aromatic heterocycles. The number of amides is 1. The number of nitrogens with zero attached hydrogens (tertiary/aromatic N) is 1. The smallest absolute Gasteiger partial charge is 0.251 e. The highest BCUT2D eigenvalue weighted by atomic mass is 16.1. The van der Waals surface area contributed by atoms with Crippen LogP contribution in [0.15, 0.2) is 48.5 Å².